The smallest absolute Gasteiger partial charge is 0.248 e. The predicted octanol–water partition coefficient (Wildman–Crippen LogP) is 1.21. The van der Waals surface area contributed by atoms with E-state index in [4.69, 9.17) is 10.5 Å². The van der Waals surface area contributed by atoms with Crippen molar-refractivity contribution in [2.24, 2.45) is 17.6 Å². The number of ether oxygens (including phenoxy) is 1. The second-order valence-corrected chi connectivity index (χ2v) is 6.09. The molecule has 5 nitrogen and oxygen atoms in total. The summed E-state index contributed by atoms with van der Waals surface area (Å²) in [7, 11) is 0. The van der Waals surface area contributed by atoms with Crippen LogP contribution in [-0.4, -0.2) is 42.5 Å². The number of hydrogen-bond donors (Lipinski definition) is 1. The van der Waals surface area contributed by atoms with Crippen molar-refractivity contribution in [2.45, 2.75) is 26.4 Å². The Balaban J connectivity index is 2.07. The van der Waals surface area contributed by atoms with Crippen LogP contribution >= 0.6 is 0 Å². The van der Waals surface area contributed by atoms with Gasteiger partial charge in [0.2, 0.25) is 11.8 Å². The Labute approximate surface area is 131 Å². The van der Waals surface area contributed by atoms with Crippen LogP contribution < -0.4 is 5.73 Å². The first-order valence-corrected chi connectivity index (χ1v) is 7.72. The molecule has 0 radical (unpaired) electrons. The summed E-state index contributed by atoms with van der Waals surface area (Å²) in [5, 5.41) is 0. The molecule has 1 aliphatic rings. The Morgan fingerprint density at radius 1 is 1.32 bits per heavy atom. The minimum atomic E-state index is -0.692. The van der Waals surface area contributed by atoms with Crippen LogP contribution in [0.15, 0.2) is 30.3 Å². The molecule has 0 spiro atoms. The van der Waals surface area contributed by atoms with Crippen LogP contribution in [0.5, 0.6) is 0 Å². The number of benzene rings is 1. The highest BCUT2D eigenvalue weighted by Gasteiger charge is 2.32. The molecular weight excluding hydrogens is 280 g/mol. The first-order valence-electron chi connectivity index (χ1n) is 7.72. The molecule has 1 fully saturated rings. The lowest BCUT2D eigenvalue weighted by molar-refractivity contribution is -0.149. The summed E-state index contributed by atoms with van der Waals surface area (Å²) in [5.74, 6) is -0.313. The van der Waals surface area contributed by atoms with Crippen molar-refractivity contribution < 1.29 is 14.3 Å². The number of hydrogen-bond acceptors (Lipinski definition) is 3. The third-order valence-corrected chi connectivity index (χ3v) is 4.12. The molecule has 0 aromatic heterocycles. The van der Waals surface area contributed by atoms with Gasteiger partial charge in [0.05, 0.1) is 13.2 Å². The quantitative estimate of drug-likeness (QED) is 0.889. The minimum absolute atomic E-state index is 0.0772. The number of rotatable bonds is 5. The van der Waals surface area contributed by atoms with E-state index >= 15 is 0 Å². The van der Waals surface area contributed by atoms with E-state index in [1.165, 1.54) is 0 Å². The van der Waals surface area contributed by atoms with Gasteiger partial charge in [-0.25, -0.2) is 0 Å². The average Bonchev–Trinajstić information content (AvgIpc) is 2.53. The Hall–Kier alpha value is -1.88. The molecule has 1 aliphatic heterocycles. The van der Waals surface area contributed by atoms with Crippen molar-refractivity contribution in [1.29, 1.82) is 0 Å². The Morgan fingerprint density at radius 2 is 2.00 bits per heavy atom. The fourth-order valence-electron chi connectivity index (χ4n) is 2.73. The lowest BCUT2D eigenvalue weighted by Gasteiger charge is -2.35. The Morgan fingerprint density at radius 3 is 2.59 bits per heavy atom. The molecule has 22 heavy (non-hydrogen) atoms. The van der Waals surface area contributed by atoms with E-state index in [-0.39, 0.29) is 24.3 Å². The van der Waals surface area contributed by atoms with Gasteiger partial charge in [-0.2, -0.15) is 0 Å². The van der Waals surface area contributed by atoms with Crippen molar-refractivity contribution >= 4 is 11.8 Å². The normalized spacial score (nSPS) is 20.0. The summed E-state index contributed by atoms with van der Waals surface area (Å²) in [4.78, 5) is 25.8. The van der Waals surface area contributed by atoms with Crippen LogP contribution in [0.2, 0.25) is 0 Å². The third-order valence-electron chi connectivity index (χ3n) is 4.12. The summed E-state index contributed by atoms with van der Waals surface area (Å²) in [6, 6.07) is 10.0. The molecule has 2 unspecified atom stereocenters. The topological polar surface area (TPSA) is 72.6 Å². The monoisotopic (exact) mass is 304 g/mol. The molecule has 0 aliphatic carbocycles. The van der Waals surface area contributed by atoms with E-state index < -0.39 is 12.0 Å². The molecule has 120 valence electrons. The van der Waals surface area contributed by atoms with Gasteiger partial charge in [-0.05, 0) is 17.9 Å². The van der Waals surface area contributed by atoms with Gasteiger partial charge in [0.25, 0.3) is 0 Å². The molecule has 2 amide bonds. The molecule has 5 heteroatoms. The summed E-state index contributed by atoms with van der Waals surface area (Å²) in [6.07, 6.45) is 0.0119. The lowest BCUT2D eigenvalue weighted by atomic mass is 9.87. The molecule has 0 bridgehead atoms. The van der Waals surface area contributed by atoms with E-state index in [1.54, 1.807) is 4.90 Å². The molecule has 1 aromatic carbocycles. The van der Waals surface area contributed by atoms with Crippen LogP contribution in [0.4, 0.5) is 0 Å². The molecule has 1 saturated heterocycles. The Bertz CT molecular complexity index is 516. The van der Waals surface area contributed by atoms with Crippen molar-refractivity contribution in [3.63, 3.8) is 0 Å². The summed E-state index contributed by atoms with van der Waals surface area (Å²) in [5.41, 5.74) is 6.43. The molecule has 0 saturated carbocycles. The maximum atomic E-state index is 12.8. The maximum Gasteiger partial charge on any atom is 0.248 e. The highest BCUT2D eigenvalue weighted by atomic mass is 16.5. The van der Waals surface area contributed by atoms with Gasteiger partial charge in [-0.3, -0.25) is 9.59 Å². The van der Waals surface area contributed by atoms with E-state index in [0.717, 1.165) is 5.56 Å². The standard InChI is InChI=1S/C17H24N2O3/c1-12(2)14(10-13-6-4-3-5-7-13)17(21)19-8-9-22-15(11-19)16(18)20/h3-7,12,14-15H,8-11H2,1-2H3,(H2,18,20). The van der Waals surface area contributed by atoms with Crippen LogP contribution in [0.25, 0.3) is 0 Å². The first-order chi connectivity index (χ1) is 10.5. The minimum Gasteiger partial charge on any atom is -0.367 e. The fraction of sp³-hybridized carbons (Fsp3) is 0.529. The van der Waals surface area contributed by atoms with Gasteiger partial charge in [-0.1, -0.05) is 44.2 Å². The largest absolute Gasteiger partial charge is 0.367 e. The van der Waals surface area contributed by atoms with Crippen molar-refractivity contribution in [3.8, 4) is 0 Å². The zero-order chi connectivity index (χ0) is 16.1. The lowest BCUT2D eigenvalue weighted by Crippen LogP contribution is -2.52. The van der Waals surface area contributed by atoms with Crippen LogP contribution in [-0.2, 0) is 20.7 Å². The average molecular weight is 304 g/mol. The second kappa shape index (κ2) is 7.40. The van der Waals surface area contributed by atoms with E-state index in [2.05, 4.69) is 13.8 Å². The summed E-state index contributed by atoms with van der Waals surface area (Å²) >= 11 is 0. The van der Waals surface area contributed by atoms with Gasteiger partial charge in [0.15, 0.2) is 6.10 Å². The molecule has 1 heterocycles. The summed E-state index contributed by atoms with van der Waals surface area (Å²) in [6.45, 7) is 5.23. The number of primary amides is 1. The molecular formula is C17H24N2O3. The van der Waals surface area contributed by atoms with Crippen LogP contribution in [0.3, 0.4) is 0 Å². The zero-order valence-corrected chi connectivity index (χ0v) is 13.2. The zero-order valence-electron chi connectivity index (χ0n) is 13.2. The van der Waals surface area contributed by atoms with E-state index in [0.29, 0.717) is 19.6 Å². The van der Waals surface area contributed by atoms with Crippen molar-refractivity contribution in [3.05, 3.63) is 35.9 Å². The number of morpholine rings is 1. The maximum absolute atomic E-state index is 12.8. The first kappa shape index (κ1) is 16.5. The number of nitrogens with two attached hydrogens (primary N) is 1. The SMILES string of the molecule is CC(C)C(Cc1ccccc1)C(=O)N1CCOC(C(N)=O)C1. The van der Waals surface area contributed by atoms with Crippen LogP contribution in [0.1, 0.15) is 19.4 Å². The van der Waals surface area contributed by atoms with Crippen LogP contribution in [0, 0.1) is 11.8 Å². The molecule has 2 N–H and O–H groups in total. The number of carbonyl (C=O) groups excluding carboxylic acids is 2. The molecule has 1 aromatic rings. The highest BCUT2D eigenvalue weighted by molar-refractivity contribution is 5.83. The van der Waals surface area contributed by atoms with Crippen molar-refractivity contribution in [2.75, 3.05) is 19.7 Å². The van der Waals surface area contributed by atoms with Crippen molar-refractivity contribution in [1.82, 2.24) is 4.90 Å². The van der Waals surface area contributed by atoms with Gasteiger partial charge in [-0.15, -0.1) is 0 Å². The van der Waals surface area contributed by atoms with E-state index in [1.807, 2.05) is 30.3 Å². The summed E-state index contributed by atoms with van der Waals surface area (Å²) < 4.78 is 5.31. The van der Waals surface area contributed by atoms with E-state index in [9.17, 15) is 9.59 Å². The fourth-order valence-corrected chi connectivity index (χ4v) is 2.73. The molecule has 2 rings (SSSR count). The van der Waals surface area contributed by atoms with Gasteiger partial charge in [0, 0.05) is 12.5 Å². The third kappa shape index (κ3) is 4.07. The predicted molar refractivity (Wildman–Crippen MR) is 84.0 cm³/mol. The number of nitrogens with zero attached hydrogens (tertiary/aromatic N) is 1. The van der Waals surface area contributed by atoms with Gasteiger partial charge in [0.1, 0.15) is 0 Å². The van der Waals surface area contributed by atoms with Gasteiger partial charge < -0.3 is 15.4 Å². The van der Waals surface area contributed by atoms with Gasteiger partial charge >= 0.3 is 0 Å². The molecule has 2 atom stereocenters. The second-order valence-electron chi connectivity index (χ2n) is 6.09. The number of carbonyl (C=O) groups is 2. The Kier molecular flexibility index (Phi) is 5.55. The highest BCUT2D eigenvalue weighted by Crippen LogP contribution is 2.21. The number of amides is 2.